The summed E-state index contributed by atoms with van der Waals surface area (Å²) in [7, 11) is 1.68. The molecule has 1 aromatic carbocycles. The fourth-order valence-electron chi connectivity index (χ4n) is 3.36. The second-order valence-corrected chi connectivity index (χ2v) is 5.90. The Bertz CT molecular complexity index is 589. The third-order valence-corrected chi connectivity index (χ3v) is 4.61. The molecule has 0 aliphatic heterocycles. The molecule has 0 bridgehead atoms. The Labute approximate surface area is 126 Å². The van der Waals surface area contributed by atoms with Crippen molar-refractivity contribution in [1.82, 2.24) is 4.98 Å². The average Bonchev–Trinajstić information content (AvgIpc) is 2.56. The van der Waals surface area contributed by atoms with Gasteiger partial charge in [0.1, 0.15) is 11.4 Å². The van der Waals surface area contributed by atoms with E-state index < -0.39 is 0 Å². The van der Waals surface area contributed by atoms with Crippen LogP contribution in [0, 0.1) is 0 Å². The molecule has 1 aliphatic rings. The third kappa shape index (κ3) is 2.79. The minimum atomic E-state index is -0.363. The Balaban J connectivity index is 1.78. The lowest BCUT2D eigenvalue weighted by atomic mass is 9.73. The molecule has 0 unspecified atom stereocenters. The van der Waals surface area contributed by atoms with Crippen LogP contribution in [0.5, 0.6) is 5.75 Å². The number of pyridine rings is 1. The van der Waals surface area contributed by atoms with E-state index in [-0.39, 0.29) is 5.54 Å². The van der Waals surface area contributed by atoms with E-state index in [1.54, 1.807) is 13.3 Å². The second kappa shape index (κ2) is 5.86. The van der Waals surface area contributed by atoms with Crippen LogP contribution < -0.4 is 10.5 Å². The third-order valence-electron chi connectivity index (χ3n) is 4.61. The number of aromatic nitrogens is 1. The van der Waals surface area contributed by atoms with Gasteiger partial charge in [-0.1, -0.05) is 30.3 Å². The zero-order valence-electron chi connectivity index (χ0n) is 12.5. The van der Waals surface area contributed by atoms with Crippen molar-refractivity contribution in [3.05, 3.63) is 59.9 Å². The lowest BCUT2D eigenvalue weighted by molar-refractivity contribution is 0.260. The maximum atomic E-state index is 6.65. The molecular formula is C18H22N2O. The molecule has 0 amide bonds. The first-order valence-electron chi connectivity index (χ1n) is 7.56. The summed E-state index contributed by atoms with van der Waals surface area (Å²) in [5, 5.41) is 0. The van der Waals surface area contributed by atoms with Crippen LogP contribution in [-0.2, 0) is 5.54 Å². The van der Waals surface area contributed by atoms with Crippen LogP contribution in [0.2, 0.25) is 0 Å². The molecule has 1 saturated carbocycles. The fraction of sp³-hybridized carbons (Fsp3) is 0.389. The molecule has 0 radical (unpaired) electrons. The van der Waals surface area contributed by atoms with Crippen molar-refractivity contribution in [2.75, 3.05) is 7.11 Å². The number of hydrogen-bond acceptors (Lipinski definition) is 3. The molecule has 3 rings (SSSR count). The summed E-state index contributed by atoms with van der Waals surface area (Å²) in [4.78, 5) is 4.49. The van der Waals surface area contributed by atoms with Gasteiger partial charge in [-0.05, 0) is 49.3 Å². The topological polar surface area (TPSA) is 48.1 Å². The van der Waals surface area contributed by atoms with Gasteiger partial charge in [0.05, 0.1) is 12.6 Å². The Morgan fingerprint density at radius 3 is 2.48 bits per heavy atom. The number of rotatable bonds is 3. The van der Waals surface area contributed by atoms with Crippen molar-refractivity contribution in [1.29, 1.82) is 0 Å². The maximum Gasteiger partial charge on any atom is 0.142 e. The van der Waals surface area contributed by atoms with Gasteiger partial charge in [-0.3, -0.25) is 4.98 Å². The van der Waals surface area contributed by atoms with Crippen LogP contribution in [0.1, 0.15) is 42.9 Å². The average molecular weight is 282 g/mol. The van der Waals surface area contributed by atoms with E-state index in [1.165, 1.54) is 5.56 Å². The van der Waals surface area contributed by atoms with Crippen molar-refractivity contribution in [2.45, 2.75) is 37.1 Å². The van der Waals surface area contributed by atoms with Crippen molar-refractivity contribution in [3.63, 3.8) is 0 Å². The minimum absolute atomic E-state index is 0.363. The van der Waals surface area contributed by atoms with E-state index in [2.05, 4.69) is 35.3 Å². The Kier molecular flexibility index (Phi) is 3.93. The van der Waals surface area contributed by atoms with E-state index in [0.29, 0.717) is 5.92 Å². The molecule has 2 N–H and O–H groups in total. The number of ether oxygens (including phenoxy) is 1. The molecule has 21 heavy (non-hydrogen) atoms. The summed E-state index contributed by atoms with van der Waals surface area (Å²) in [6, 6.07) is 14.6. The predicted molar refractivity (Wildman–Crippen MR) is 84.3 cm³/mol. The predicted octanol–water partition coefficient (Wildman–Crippen LogP) is 3.60. The van der Waals surface area contributed by atoms with Crippen molar-refractivity contribution >= 4 is 0 Å². The first kappa shape index (κ1) is 14.1. The zero-order valence-corrected chi connectivity index (χ0v) is 12.5. The van der Waals surface area contributed by atoms with Crippen LogP contribution in [0.15, 0.2) is 48.7 Å². The molecule has 3 heteroatoms. The van der Waals surface area contributed by atoms with E-state index in [1.807, 2.05) is 12.1 Å². The highest BCUT2D eigenvalue weighted by atomic mass is 16.5. The lowest BCUT2D eigenvalue weighted by Crippen LogP contribution is -2.41. The molecule has 0 atom stereocenters. The van der Waals surface area contributed by atoms with Gasteiger partial charge in [0.25, 0.3) is 0 Å². The first-order chi connectivity index (χ1) is 10.2. The Hall–Kier alpha value is -1.87. The smallest absolute Gasteiger partial charge is 0.142 e. The largest absolute Gasteiger partial charge is 0.495 e. The number of nitrogens with two attached hydrogens (primary N) is 1. The number of nitrogens with zero attached hydrogens (tertiary/aromatic N) is 1. The molecule has 2 aromatic rings. The van der Waals surface area contributed by atoms with Gasteiger partial charge in [0, 0.05) is 6.20 Å². The van der Waals surface area contributed by atoms with Gasteiger partial charge in [-0.15, -0.1) is 0 Å². The molecule has 0 spiro atoms. The normalized spacial score (nSPS) is 25.5. The molecule has 3 nitrogen and oxygen atoms in total. The molecule has 1 heterocycles. The molecule has 0 saturated heterocycles. The van der Waals surface area contributed by atoms with Gasteiger partial charge in [0.2, 0.25) is 0 Å². The molecule has 110 valence electrons. The zero-order chi connectivity index (χ0) is 14.7. The van der Waals surface area contributed by atoms with E-state index in [4.69, 9.17) is 10.5 Å². The molecule has 1 aliphatic carbocycles. The second-order valence-electron chi connectivity index (χ2n) is 5.90. The van der Waals surface area contributed by atoms with E-state index >= 15 is 0 Å². The lowest BCUT2D eigenvalue weighted by Gasteiger charge is -2.37. The number of methoxy groups -OCH3 is 1. The van der Waals surface area contributed by atoms with Crippen LogP contribution in [0.4, 0.5) is 0 Å². The Morgan fingerprint density at radius 2 is 1.81 bits per heavy atom. The van der Waals surface area contributed by atoms with Crippen molar-refractivity contribution in [3.8, 4) is 5.75 Å². The molecular weight excluding hydrogens is 260 g/mol. The van der Waals surface area contributed by atoms with Crippen molar-refractivity contribution < 1.29 is 4.74 Å². The summed E-state index contributed by atoms with van der Waals surface area (Å²) in [6.45, 7) is 0. The van der Waals surface area contributed by atoms with Gasteiger partial charge in [0.15, 0.2) is 0 Å². The van der Waals surface area contributed by atoms with Gasteiger partial charge in [-0.2, -0.15) is 0 Å². The van der Waals surface area contributed by atoms with E-state index in [0.717, 1.165) is 37.1 Å². The highest BCUT2D eigenvalue weighted by Gasteiger charge is 2.36. The van der Waals surface area contributed by atoms with E-state index in [9.17, 15) is 0 Å². The quantitative estimate of drug-likeness (QED) is 0.935. The number of hydrogen-bond donors (Lipinski definition) is 1. The summed E-state index contributed by atoms with van der Waals surface area (Å²) in [5.41, 5.74) is 8.62. The summed E-state index contributed by atoms with van der Waals surface area (Å²) in [5.74, 6) is 1.41. The highest BCUT2D eigenvalue weighted by molar-refractivity contribution is 5.34. The van der Waals surface area contributed by atoms with Crippen LogP contribution in [0.3, 0.4) is 0 Å². The van der Waals surface area contributed by atoms with Crippen LogP contribution in [-0.4, -0.2) is 12.1 Å². The molecule has 1 fully saturated rings. The fourth-order valence-corrected chi connectivity index (χ4v) is 3.36. The first-order valence-corrected chi connectivity index (χ1v) is 7.56. The van der Waals surface area contributed by atoms with Crippen LogP contribution >= 0.6 is 0 Å². The van der Waals surface area contributed by atoms with Gasteiger partial charge in [-0.25, -0.2) is 0 Å². The van der Waals surface area contributed by atoms with Gasteiger partial charge >= 0.3 is 0 Å². The highest BCUT2D eigenvalue weighted by Crippen LogP contribution is 2.43. The molecule has 1 aromatic heterocycles. The standard InChI is InChI=1S/C18H22N2O/c1-21-16-8-5-13-20-17(16)18(19)11-9-15(10-12-18)14-6-3-2-4-7-14/h2-8,13,15H,9-12,19H2,1H3. The SMILES string of the molecule is COc1cccnc1C1(N)CCC(c2ccccc2)CC1. The van der Waals surface area contributed by atoms with Crippen LogP contribution in [0.25, 0.3) is 0 Å². The van der Waals surface area contributed by atoms with Crippen molar-refractivity contribution in [2.24, 2.45) is 5.73 Å². The summed E-state index contributed by atoms with van der Waals surface area (Å²) in [6.07, 6.45) is 5.89. The van der Waals surface area contributed by atoms with Gasteiger partial charge < -0.3 is 10.5 Å². The summed E-state index contributed by atoms with van der Waals surface area (Å²) < 4.78 is 5.43. The maximum absolute atomic E-state index is 6.65. The summed E-state index contributed by atoms with van der Waals surface area (Å²) >= 11 is 0. The monoisotopic (exact) mass is 282 g/mol. The number of benzene rings is 1. The minimum Gasteiger partial charge on any atom is -0.495 e. The Morgan fingerprint density at radius 1 is 1.10 bits per heavy atom.